The lowest BCUT2D eigenvalue weighted by Gasteiger charge is -2.26. The molecule has 0 spiro atoms. The minimum Gasteiger partial charge on any atom is -0.480 e. The highest BCUT2D eigenvalue weighted by atomic mass is 16.4. The average molecular weight is 244 g/mol. The number of hydrogen-bond donors (Lipinski definition) is 1. The molecule has 2 rings (SSSR count). The van der Waals surface area contributed by atoms with E-state index in [9.17, 15) is 4.79 Å². The predicted molar refractivity (Wildman–Crippen MR) is 71.9 cm³/mol. The highest BCUT2D eigenvalue weighted by Crippen LogP contribution is 2.19. The third-order valence-electron chi connectivity index (χ3n) is 2.81. The Labute approximate surface area is 106 Å². The number of nitrogens with zero attached hydrogens (tertiary/aromatic N) is 2. The number of rotatable bonds is 4. The zero-order valence-electron chi connectivity index (χ0n) is 10.5. The van der Waals surface area contributed by atoms with E-state index >= 15 is 0 Å². The van der Waals surface area contributed by atoms with E-state index in [1.807, 2.05) is 50.2 Å². The number of fused-ring (bicyclic) bond motifs is 1. The van der Waals surface area contributed by atoms with Gasteiger partial charge >= 0.3 is 5.97 Å². The first-order chi connectivity index (χ1) is 8.58. The zero-order valence-corrected chi connectivity index (χ0v) is 10.5. The van der Waals surface area contributed by atoms with Gasteiger partial charge < -0.3 is 10.0 Å². The summed E-state index contributed by atoms with van der Waals surface area (Å²) < 4.78 is 0. The largest absolute Gasteiger partial charge is 0.480 e. The standard InChI is InChI=1S/C14H16N2O2/c1-10(2)16(9-14(17)18)13-8-7-11-5-3-4-6-12(11)15-13/h3-8,10H,9H2,1-2H3,(H,17,18). The molecule has 2 aromatic rings. The number of benzene rings is 1. The first kappa shape index (κ1) is 12.4. The van der Waals surface area contributed by atoms with Crippen LogP contribution in [0.25, 0.3) is 10.9 Å². The smallest absolute Gasteiger partial charge is 0.323 e. The van der Waals surface area contributed by atoms with E-state index in [2.05, 4.69) is 4.98 Å². The Morgan fingerprint density at radius 3 is 2.67 bits per heavy atom. The highest BCUT2D eigenvalue weighted by molar-refractivity contribution is 5.81. The van der Waals surface area contributed by atoms with Crippen molar-refractivity contribution < 1.29 is 9.90 Å². The van der Waals surface area contributed by atoms with E-state index in [1.54, 1.807) is 4.90 Å². The van der Waals surface area contributed by atoms with Gasteiger partial charge in [-0.3, -0.25) is 4.79 Å². The maximum atomic E-state index is 10.9. The van der Waals surface area contributed by atoms with Crippen molar-refractivity contribution in [1.82, 2.24) is 4.98 Å². The molecule has 0 fully saturated rings. The third-order valence-corrected chi connectivity index (χ3v) is 2.81. The second kappa shape index (κ2) is 5.04. The Hall–Kier alpha value is -2.10. The Morgan fingerprint density at radius 1 is 1.28 bits per heavy atom. The quantitative estimate of drug-likeness (QED) is 0.898. The molecule has 0 bridgehead atoms. The summed E-state index contributed by atoms with van der Waals surface area (Å²) in [5.74, 6) is -0.148. The van der Waals surface area contributed by atoms with Gasteiger partial charge in [0.05, 0.1) is 5.52 Å². The molecule has 18 heavy (non-hydrogen) atoms. The Morgan fingerprint density at radius 2 is 2.00 bits per heavy atom. The normalized spacial score (nSPS) is 10.8. The van der Waals surface area contributed by atoms with Gasteiger partial charge in [-0.15, -0.1) is 0 Å². The molecule has 1 aromatic carbocycles. The summed E-state index contributed by atoms with van der Waals surface area (Å²) in [5, 5.41) is 9.99. The van der Waals surface area contributed by atoms with Gasteiger partial charge in [0.15, 0.2) is 0 Å². The molecule has 0 atom stereocenters. The topological polar surface area (TPSA) is 53.4 Å². The fourth-order valence-corrected chi connectivity index (χ4v) is 1.89. The molecule has 0 saturated heterocycles. The zero-order chi connectivity index (χ0) is 13.1. The highest BCUT2D eigenvalue weighted by Gasteiger charge is 2.15. The number of carboxylic acids is 1. The fraction of sp³-hybridized carbons (Fsp3) is 0.286. The number of anilines is 1. The summed E-state index contributed by atoms with van der Waals surface area (Å²) in [5.41, 5.74) is 0.881. The van der Waals surface area contributed by atoms with Crippen LogP contribution in [0.15, 0.2) is 36.4 Å². The van der Waals surface area contributed by atoms with Crippen LogP contribution in [0, 0.1) is 0 Å². The van der Waals surface area contributed by atoms with Gasteiger partial charge in [-0.2, -0.15) is 0 Å². The molecule has 0 aliphatic carbocycles. The molecular formula is C14H16N2O2. The van der Waals surface area contributed by atoms with E-state index in [-0.39, 0.29) is 12.6 Å². The average Bonchev–Trinajstić information content (AvgIpc) is 2.35. The monoisotopic (exact) mass is 244 g/mol. The van der Waals surface area contributed by atoms with E-state index < -0.39 is 5.97 Å². The summed E-state index contributed by atoms with van der Waals surface area (Å²) in [4.78, 5) is 17.2. The Bertz CT molecular complexity index is 566. The number of para-hydroxylation sites is 1. The van der Waals surface area contributed by atoms with Crippen molar-refractivity contribution >= 4 is 22.7 Å². The molecule has 1 heterocycles. The molecule has 0 saturated carbocycles. The number of carboxylic acid groups (broad SMARTS) is 1. The minimum atomic E-state index is -0.848. The van der Waals surface area contributed by atoms with Gasteiger partial charge in [0.25, 0.3) is 0 Å². The molecule has 0 unspecified atom stereocenters. The molecule has 94 valence electrons. The lowest BCUT2D eigenvalue weighted by Crippen LogP contribution is -2.36. The molecule has 0 aliphatic rings. The van der Waals surface area contributed by atoms with Gasteiger partial charge in [-0.1, -0.05) is 18.2 Å². The van der Waals surface area contributed by atoms with E-state index in [0.717, 1.165) is 10.9 Å². The molecule has 4 nitrogen and oxygen atoms in total. The van der Waals surface area contributed by atoms with Crippen molar-refractivity contribution in [3.05, 3.63) is 36.4 Å². The van der Waals surface area contributed by atoms with Crippen molar-refractivity contribution in [3.8, 4) is 0 Å². The van der Waals surface area contributed by atoms with Gasteiger partial charge in [0, 0.05) is 11.4 Å². The van der Waals surface area contributed by atoms with Gasteiger partial charge in [-0.25, -0.2) is 4.98 Å². The maximum absolute atomic E-state index is 10.9. The SMILES string of the molecule is CC(C)N(CC(=O)O)c1ccc2ccccc2n1. The van der Waals surface area contributed by atoms with Crippen molar-refractivity contribution in [1.29, 1.82) is 0 Å². The van der Waals surface area contributed by atoms with Crippen LogP contribution in [0.2, 0.25) is 0 Å². The van der Waals surface area contributed by atoms with Gasteiger partial charge in [0.2, 0.25) is 0 Å². The molecule has 0 radical (unpaired) electrons. The molecular weight excluding hydrogens is 228 g/mol. The number of pyridine rings is 1. The van der Waals surface area contributed by atoms with Crippen molar-refractivity contribution in [3.63, 3.8) is 0 Å². The second-order valence-electron chi connectivity index (χ2n) is 4.48. The van der Waals surface area contributed by atoms with Crippen molar-refractivity contribution in [2.24, 2.45) is 0 Å². The predicted octanol–water partition coefficient (Wildman–Crippen LogP) is 2.53. The second-order valence-corrected chi connectivity index (χ2v) is 4.48. The van der Waals surface area contributed by atoms with Crippen LogP contribution < -0.4 is 4.90 Å². The Kier molecular flexibility index (Phi) is 3.46. The minimum absolute atomic E-state index is 0.0387. The summed E-state index contributed by atoms with van der Waals surface area (Å²) in [6.07, 6.45) is 0. The third kappa shape index (κ3) is 2.59. The van der Waals surface area contributed by atoms with Crippen molar-refractivity contribution in [2.45, 2.75) is 19.9 Å². The number of aliphatic carboxylic acids is 1. The van der Waals surface area contributed by atoms with Crippen LogP contribution in [0.5, 0.6) is 0 Å². The van der Waals surface area contributed by atoms with Gasteiger partial charge in [0.1, 0.15) is 12.4 Å². The molecule has 1 aromatic heterocycles. The summed E-state index contributed by atoms with van der Waals surface area (Å²) in [6, 6.07) is 11.7. The van der Waals surface area contributed by atoms with Gasteiger partial charge in [-0.05, 0) is 32.0 Å². The lowest BCUT2D eigenvalue weighted by atomic mass is 10.2. The number of carbonyl (C=O) groups is 1. The van der Waals surface area contributed by atoms with Crippen LogP contribution in [0.4, 0.5) is 5.82 Å². The van der Waals surface area contributed by atoms with Crippen LogP contribution in [0.3, 0.4) is 0 Å². The van der Waals surface area contributed by atoms with Crippen LogP contribution in [0.1, 0.15) is 13.8 Å². The number of aromatic nitrogens is 1. The lowest BCUT2D eigenvalue weighted by molar-refractivity contribution is -0.135. The van der Waals surface area contributed by atoms with E-state index in [0.29, 0.717) is 5.82 Å². The summed E-state index contributed by atoms with van der Waals surface area (Å²) >= 11 is 0. The molecule has 0 aliphatic heterocycles. The van der Waals surface area contributed by atoms with Crippen LogP contribution >= 0.6 is 0 Å². The number of hydrogen-bond acceptors (Lipinski definition) is 3. The van der Waals surface area contributed by atoms with Crippen LogP contribution in [-0.4, -0.2) is 28.6 Å². The first-order valence-electron chi connectivity index (χ1n) is 5.92. The summed E-state index contributed by atoms with van der Waals surface area (Å²) in [7, 11) is 0. The molecule has 1 N–H and O–H groups in total. The maximum Gasteiger partial charge on any atom is 0.323 e. The Balaban J connectivity index is 2.41. The fourth-order valence-electron chi connectivity index (χ4n) is 1.89. The van der Waals surface area contributed by atoms with E-state index in [4.69, 9.17) is 5.11 Å². The molecule has 4 heteroatoms. The summed E-state index contributed by atoms with van der Waals surface area (Å²) in [6.45, 7) is 3.88. The van der Waals surface area contributed by atoms with Crippen molar-refractivity contribution in [2.75, 3.05) is 11.4 Å². The molecule has 0 amide bonds. The van der Waals surface area contributed by atoms with E-state index in [1.165, 1.54) is 0 Å². The first-order valence-corrected chi connectivity index (χ1v) is 5.92. The van der Waals surface area contributed by atoms with Crippen LogP contribution in [-0.2, 0) is 4.79 Å².